The minimum absolute atomic E-state index is 0.145. The third kappa shape index (κ3) is 12.4. The Morgan fingerprint density at radius 2 is 1.57 bits per heavy atom. The SMILES string of the molecule is CC(C)=CCC/C(C)=C/CCP(=O)(O)C(CN[C@@H](CCC(=O)O)C(=O)O)P(=O)(O)O. The Kier molecular flexibility index (Phi) is 12.6. The Hall–Kier alpha value is -1.28. The minimum atomic E-state index is -5.03. The van der Waals surface area contributed by atoms with Crippen LogP contribution in [-0.2, 0) is 18.7 Å². The molecule has 174 valence electrons. The largest absolute Gasteiger partial charge is 0.481 e. The zero-order valence-corrected chi connectivity index (χ0v) is 19.3. The summed E-state index contributed by atoms with van der Waals surface area (Å²) in [7, 11) is -9.37. The van der Waals surface area contributed by atoms with Gasteiger partial charge in [0.1, 0.15) is 11.4 Å². The smallest absolute Gasteiger partial charge is 0.339 e. The van der Waals surface area contributed by atoms with Crippen molar-refractivity contribution in [3.63, 3.8) is 0 Å². The molecule has 0 aliphatic heterocycles. The van der Waals surface area contributed by atoms with Gasteiger partial charge in [-0.15, -0.1) is 0 Å². The molecule has 6 N–H and O–H groups in total. The van der Waals surface area contributed by atoms with Crippen LogP contribution in [0, 0.1) is 0 Å². The normalized spacial score (nSPS) is 16.4. The number of nitrogens with one attached hydrogen (secondary N) is 1. The number of carboxylic acids is 2. The van der Waals surface area contributed by atoms with Gasteiger partial charge in [-0.2, -0.15) is 0 Å². The van der Waals surface area contributed by atoms with Crippen LogP contribution in [0.3, 0.4) is 0 Å². The van der Waals surface area contributed by atoms with Gasteiger partial charge in [-0.3, -0.25) is 18.7 Å². The van der Waals surface area contributed by atoms with Crippen molar-refractivity contribution in [3.8, 4) is 0 Å². The number of carbonyl (C=O) groups is 2. The van der Waals surface area contributed by atoms with Gasteiger partial charge in [0, 0.05) is 19.1 Å². The highest BCUT2D eigenvalue weighted by molar-refractivity contribution is 7.74. The topological polar surface area (TPSA) is 181 Å². The van der Waals surface area contributed by atoms with Crippen molar-refractivity contribution >= 4 is 26.9 Å². The van der Waals surface area contributed by atoms with E-state index in [4.69, 9.17) is 10.2 Å². The quantitative estimate of drug-likeness (QED) is 0.154. The summed E-state index contributed by atoms with van der Waals surface area (Å²) < 4.78 is 24.4. The van der Waals surface area contributed by atoms with Gasteiger partial charge in [-0.25, -0.2) is 0 Å². The number of hydrogen-bond acceptors (Lipinski definition) is 5. The van der Waals surface area contributed by atoms with Crippen LogP contribution >= 0.6 is 15.0 Å². The molecule has 3 atom stereocenters. The molecule has 0 aliphatic carbocycles. The molecule has 10 nitrogen and oxygen atoms in total. The second-order valence-electron chi connectivity index (χ2n) is 7.44. The molecule has 12 heteroatoms. The summed E-state index contributed by atoms with van der Waals surface area (Å²) in [5.41, 5.74) is 2.17. The van der Waals surface area contributed by atoms with E-state index in [2.05, 4.69) is 11.4 Å². The minimum Gasteiger partial charge on any atom is -0.481 e. The lowest BCUT2D eigenvalue weighted by Gasteiger charge is -2.25. The average molecular weight is 469 g/mol. The van der Waals surface area contributed by atoms with Crippen LogP contribution in [-0.4, -0.2) is 61.0 Å². The first kappa shape index (κ1) is 28.7. The fraction of sp³-hybridized carbons (Fsp3) is 0.667. The third-order valence-corrected chi connectivity index (χ3v) is 9.34. The third-order valence-electron chi connectivity index (χ3n) is 4.38. The summed E-state index contributed by atoms with van der Waals surface area (Å²) in [5, 5.41) is 18.1. The zero-order chi connectivity index (χ0) is 23.5. The number of hydrogen-bond donors (Lipinski definition) is 6. The Labute approximate surface area is 176 Å². The summed E-state index contributed by atoms with van der Waals surface area (Å²) in [5.74, 6) is -2.64. The lowest BCUT2D eigenvalue weighted by molar-refractivity contribution is -0.140. The fourth-order valence-electron chi connectivity index (χ4n) is 2.66. The average Bonchev–Trinajstić information content (AvgIpc) is 2.55. The molecule has 0 saturated heterocycles. The van der Waals surface area contributed by atoms with Crippen LogP contribution < -0.4 is 5.32 Å². The Balaban J connectivity index is 5.08. The molecule has 0 aromatic carbocycles. The highest BCUT2D eigenvalue weighted by Gasteiger charge is 2.43. The van der Waals surface area contributed by atoms with Crippen molar-refractivity contribution in [2.75, 3.05) is 12.7 Å². The van der Waals surface area contributed by atoms with E-state index in [1.165, 1.54) is 5.57 Å². The van der Waals surface area contributed by atoms with Crippen molar-refractivity contribution < 1.29 is 43.6 Å². The Bertz CT molecular complexity index is 738. The summed E-state index contributed by atoms with van der Waals surface area (Å²) in [4.78, 5) is 51.2. The molecule has 0 saturated carbocycles. The predicted molar refractivity (Wildman–Crippen MR) is 114 cm³/mol. The molecule has 0 rings (SSSR count). The summed E-state index contributed by atoms with van der Waals surface area (Å²) in [6.07, 6.45) is 4.37. The van der Waals surface area contributed by atoms with Crippen LogP contribution in [0.2, 0.25) is 0 Å². The van der Waals surface area contributed by atoms with Crippen molar-refractivity contribution in [3.05, 3.63) is 23.3 Å². The van der Waals surface area contributed by atoms with Gasteiger partial charge in [0.2, 0.25) is 7.37 Å². The summed E-state index contributed by atoms with van der Waals surface area (Å²) in [6.45, 7) is 5.10. The number of aliphatic carboxylic acids is 2. The van der Waals surface area contributed by atoms with E-state index in [1.54, 1.807) is 6.08 Å². The lowest BCUT2D eigenvalue weighted by Crippen LogP contribution is -2.41. The van der Waals surface area contributed by atoms with E-state index in [0.717, 1.165) is 18.4 Å². The van der Waals surface area contributed by atoms with Crippen molar-refractivity contribution in [2.24, 2.45) is 0 Å². The molecule has 0 heterocycles. The predicted octanol–water partition coefficient (Wildman–Crippen LogP) is 2.75. The van der Waals surface area contributed by atoms with E-state index < -0.39 is 51.3 Å². The highest BCUT2D eigenvalue weighted by Crippen LogP contribution is 2.62. The first-order valence-corrected chi connectivity index (χ1v) is 13.1. The molecule has 0 fully saturated rings. The van der Waals surface area contributed by atoms with Crippen molar-refractivity contribution in [2.45, 2.75) is 64.3 Å². The molecular weight excluding hydrogens is 436 g/mol. The summed E-state index contributed by atoms with van der Waals surface area (Å²) in [6, 6.07) is -1.41. The second kappa shape index (κ2) is 13.2. The zero-order valence-electron chi connectivity index (χ0n) is 17.5. The van der Waals surface area contributed by atoms with E-state index in [0.29, 0.717) is 0 Å². The van der Waals surface area contributed by atoms with E-state index in [-0.39, 0.29) is 19.0 Å². The molecule has 0 aromatic rings. The van der Waals surface area contributed by atoms with Gasteiger partial charge in [0.15, 0.2) is 0 Å². The molecule has 0 amide bonds. The summed E-state index contributed by atoms with van der Waals surface area (Å²) >= 11 is 0. The van der Waals surface area contributed by atoms with Gasteiger partial charge in [-0.05, 0) is 46.5 Å². The van der Waals surface area contributed by atoms with Gasteiger partial charge in [-0.1, -0.05) is 23.3 Å². The lowest BCUT2D eigenvalue weighted by atomic mass is 10.1. The molecule has 0 bridgehead atoms. The van der Waals surface area contributed by atoms with Crippen LogP contribution in [0.5, 0.6) is 0 Å². The molecule has 0 radical (unpaired) electrons. The standard InChI is InChI=1S/C18H33NO9P2/c1-13(2)6-4-7-14(3)8-5-11-29(24,25)17(30(26,27)28)12-19-15(18(22)23)9-10-16(20)21/h6,8,15,17,19H,4-5,7,9-12H2,1-3H3,(H,20,21)(H,22,23)(H,24,25)(H2,26,27,28)/b14-8+/t15-,17?/m0/s1. The van der Waals surface area contributed by atoms with Crippen LogP contribution in [0.4, 0.5) is 0 Å². The van der Waals surface area contributed by atoms with Gasteiger partial charge >= 0.3 is 19.5 Å². The molecule has 0 aliphatic rings. The molecule has 30 heavy (non-hydrogen) atoms. The fourth-order valence-corrected chi connectivity index (χ4v) is 6.42. The number of rotatable bonds is 15. The Morgan fingerprint density at radius 1 is 0.967 bits per heavy atom. The first-order chi connectivity index (χ1) is 13.7. The number of allylic oxidation sites excluding steroid dienone is 4. The maximum absolute atomic E-state index is 12.6. The van der Waals surface area contributed by atoms with Gasteiger partial charge in [0.25, 0.3) is 0 Å². The molecule has 2 unspecified atom stereocenters. The second-order valence-corrected chi connectivity index (χ2v) is 12.2. The van der Waals surface area contributed by atoms with E-state index >= 15 is 0 Å². The van der Waals surface area contributed by atoms with Crippen molar-refractivity contribution in [1.82, 2.24) is 5.32 Å². The van der Waals surface area contributed by atoms with Gasteiger partial charge in [0.05, 0.1) is 0 Å². The van der Waals surface area contributed by atoms with Crippen LogP contribution in [0.15, 0.2) is 23.3 Å². The maximum atomic E-state index is 12.6. The van der Waals surface area contributed by atoms with Gasteiger partial charge < -0.3 is 30.2 Å². The monoisotopic (exact) mass is 469 g/mol. The highest BCUT2D eigenvalue weighted by atomic mass is 31.2. The molecular formula is C18H33NO9P2. The van der Waals surface area contributed by atoms with Crippen molar-refractivity contribution in [1.29, 1.82) is 0 Å². The molecule has 0 aromatic heterocycles. The van der Waals surface area contributed by atoms with Crippen LogP contribution in [0.25, 0.3) is 0 Å². The maximum Gasteiger partial charge on any atom is 0.339 e. The van der Waals surface area contributed by atoms with E-state index in [1.807, 2.05) is 20.8 Å². The molecule has 0 spiro atoms. The number of carboxylic acid groups (broad SMARTS) is 2. The first-order valence-electron chi connectivity index (χ1n) is 9.50. The van der Waals surface area contributed by atoms with E-state index in [9.17, 15) is 33.4 Å². The van der Waals surface area contributed by atoms with Crippen LogP contribution in [0.1, 0.15) is 52.9 Å². The Morgan fingerprint density at radius 3 is 2.03 bits per heavy atom.